The van der Waals surface area contributed by atoms with Crippen LogP contribution in [-0.2, 0) is 9.53 Å². The Kier molecular flexibility index (Phi) is 16.8. The second-order valence-electron chi connectivity index (χ2n) is 6.78. The number of amides is 1. The van der Waals surface area contributed by atoms with Crippen LogP contribution in [0.4, 0.5) is 4.79 Å². The Balaban J connectivity index is 3.47. The zero-order valence-electron chi connectivity index (χ0n) is 16.2. The highest BCUT2D eigenvalue weighted by Crippen LogP contribution is 2.14. The lowest BCUT2D eigenvalue weighted by atomic mass is 10.0. The van der Waals surface area contributed by atoms with Crippen molar-refractivity contribution in [1.82, 2.24) is 0 Å². The second kappa shape index (κ2) is 18.1. The molecule has 0 aromatic carbocycles. The highest BCUT2D eigenvalue weighted by Gasteiger charge is 2.20. The number of carboxylic acid groups (broad SMARTS) is 1. The normalized spacial score (nSPS) is 11.6. The average molecular weight is 370 g/mol. The summed E-state index contributed by atoms with van der Waals surface area (Å²) in [6.45, 7) is 2.24. The van der Waals surface area contributed by atoms with E-state index in [1.54, 1.807) is 0 Å². The molecule has 7 heteroatoms. The van der Waals surface area contributed by atoms with Crippen LogP contribution in [-0.4, -0.2) is 23.3 Å². The third-order valence-corrected chi connectivity index (χ3v) is 4.46. The first-order chi connectivity index (χ1) is 12.6. The molecule has 26 heavy (non-hydrogen) atoms. The minimum absolute atomic E-state index is 0.250. The number of hydrogen-bond acceptors (Lipinski definition) is 3. The lowest BCUT2D eigenvalue weighted by molar-refractivity contribution is -0.147. The molecule has 1 atom stereocenters. The number of unbranched alkanes of at least 4 members (excludes halogenated alkanes) is 13. The Hall–Kier alpha value is -1.75. The van der Waals surface area contributed by atoms with E-state index >= 15 is 0 Å². The highest BCUT2D eigenvalue weighted by atomic mass is 16.6. The summed E-state index contributed by atoms with van der Waals surface area (Å²) >= 11 is 0. The van der Waals surface area contributed by atoms with E-state index < -0.39 is 18.2 Å². The van der Waals surface area contributed by atoms with Gasteiger partial charge in [0.15, 0.2) is 6.10 Å². The summed E-state index contributed by atoms with van der Waals surface area (Å²) < 4.78 is 4.61. The Morgan fingerprint density at radius 1 is 0.885 bits per heavy atom. The van der Waals surface area contributed by atoms with Crippen molar-refractivity contribution < 1.29 is 19.4 Å². The summed E-state index contributed by atoms with van der Waals surface area (Å²) in [7, 11) is 0. The smallest absolute Gasteiger partial charge is 0.397 e. The van der Waals surface area contributed by atoms with Crippen LogP contribution in [0.3, 0.4) is 0 Å². The van der Waals surface area contributed by atoms with Gasteiger partial charge in [0.2, 0.25) is 0 Å². The topological polar surface area (TPSA) is 112 Å². The molecule has 1 amide bonds. The molecule has 7 nitrogen and oxygen atoms in total. The van der Waals surface area contributed by atoms with Crippen LogP contribution < -0.4 is 0 Å². The fourth-order valence-corrected chi connectivity index (χ4v) is 2.94. The molecule has 0 aliphatic heterocycles. The van der Waals surface area contributed by atoms with Crippen LogP contribution >= 0.6 is 0 Å². The van der Waals surface area contributed by atoms with Crippen molar-refractivity contribution >= 4 is 12.1 Å². The standard InChI is InChI=1S/C19H35N3O4/c1-2-3-4-5-6-7-8-9-10-11-12-13-14-15-16-17(18(23)24)26-19(25)21-22-20/h17H,2-16H2,1H3,(H,23,24). The van der Waals surface area contributed by atoms with Gasteiger partial charge in [-0.1, -0.05) is 90.4 Å². The highest BCUT2D eigenvalue weighted by molar-refractivity contribution is 5.77. The van der Waals surface area contributed by atoms with Gasteiger partial charge in [-0.15, -0.1) is 0 Å². The average Bonchev–Trinajstić information content (AvgIpc) is 2.61. The minimum atomic E-state index is -1.23. The van der Waals surface area contributed by atoms with Gasteiger partial charge in [-0.05, 0) is 18.4 Å². The maximum absolute atomic E-state index is 11.0. The van der Waals surface area contributed by atoms with Crippen molar-refractivity contribution in [1.29, 1.82) is 0 Å². The molecule has 1 unspecified atom stereocenters. The predicted molar refractivity (Wildman–Crippen MR) is 102 cm³/mol. The molecule has 0 saturated heterocycles. The van der Waals surface area contributed by atoms with Crippen molar-refractivity contribution in [2.45, 2.75) is 109 Å². The molecule has 0 spiro atoms. The molecule has 0 heterocycles. The summed E-state index contributed by atoms with van der Waals surface area (Å²) in [5.41, 5.74) is 8.11. The Bertz CT molecular complexity index is 423. The van der Waals surface area contributed by atoms with Crippen LogP contribution in [0.2, 0.25) is 0 Å². The van der Waals surface area contributed by atoms with Crippen molar-refractivity contribution in [3.63, 3.8) is 0 Å². The Labute approximate surface area is 157 Å². The number of carboxylic acids is 1. The van der Waals surface area contributed by atoms with Gasteiger partial charge in [-0.25, -0.2) is 9.59 Å². The van der Waals surface area contributed by atoms with E-state index in [1.807, 2.05) is 0 Å². The van der Waals surface area contributed by atoms with Gasteiger partial charge in [0.05, 0.1) is 0 Å². The third-order valence-electron chi connectivity index (χ3n) is 4.46. The monoisotopic (exact) mass is 369 g/mol. The van der Waals surface area contributed by atoms with Crippen molar-refractivity contribution in [2.24, 2.45) is 5.11 Å². The number of aliphatic carboxylic acids is 1. The molecule has 0 rings (SSSR count). The first-order valence-corrected chi connectivity index (χ1v) is 10.1. The Morgan fingerprint density at radius 3 is 1.69 bits per heavy atom. The zero-order chi connectivity index (χ0) is 19.5. The van der Waals surface area contributed by atoms with Crippen LogP contribution in [0.1, 0.15) is 103 Å². The number of ether oxygens (including phenoxy) is 1. The fraction of sp³-hybridized carbons (Fsp3) is 0.895. The van der Waals surface area contributed by atoms with Gasteiger partial charge < -0.3 is 9.84 Å². The first-order valence-electron chi connectivity index (χ1n) is 10.1. The molecule has 0 saturated carbocycles. The molecule has 0 bridgehead atoms. The molecule has 0 aromatic rings. The van der Waals surface area contributed by atoms with E-state index in [0.29, 0.717) is 6.42 Å². The second-order valence-corrected chi connectivity index (χ2v) is 6.78. The van der Waals surface area contributed by atoms with E-state index in [9.17, 15) is 9.59 Å². The van der Waals surface area contributed by atoms with Gasteiger partial charge in [0, 0.05) is 10.0 Å². The van der Waals surface area contributed by atoms with Gasteiger partial charge in [-0.2, -0.15) is 0 Å². The lowest BCUT2D eigenvalue weighted by Crippen LogP contribution is -2.25. The summed E-state index contributed by atoms with van der Waals surface area (Å²) in [6.07, 6.45) is 14.9. The first kappa shape index (κ1) is 24.2. The molecule has 0 aromatic heterocycles. The zero-order valence-corrected chi connectivity index (χ0v) is 16.2. The van der Waals surface area contributed by atoms with Gasteiger partial charge in [-0.3, -0.25) is 0 Å². The van der Waals surface area contributed by atoms with Crippen LogP contribution in [0, 0.1) is 0 Å². The summed E-state index contributed by atoms with van der Waals surface area (Å²) in [4.78, 5) is 24.3. The molecular weight excluding hydrogens is 334 g/mol. The van der Waals surface area contributed by atoms with Crippen LogP contribution in [0.5, 0.6) is 0 Å². The molecule has 0 fully saturated rings. The fourth-order valence-electron chi connectivity index (χ4n) is 2.94. The van der Waals surface area contributed by atoms with E-state index in [4.69, 9.17) is 10.6 Å². The maximum atomic E-state index is 11.0. The molecule has 0 aliphatic carbocycles. The van der Waals surface area contributed by atoms with Crippen molar-refractivity contribution in [3.05, 3.63) is 10.4 Å². The molecule has 0 radical (unpaired) electrons. The number of hydrogen-bond donors (Lipinski definition) is 1. The quantitative estimate of drug-likeness (QED) is 0.132. The summed E-state index contributed by atoms with van der Waals surface area (Å²) in [6, 6.07) is 0. The number of carbonyl (C=O) groups excluding carboxylic acids is 1. The van der Waals surface area contributed by atoms with E-state index in [2.05, 4.69) is 21.7 Å². The summed E-state index contributed by atoms with van der Waals surface area (Å²) in [5, 5.41) is 11.7. The molecule has 0 aliphatic rings. The number of azide groups is 1. The predicted octanol–water partition coefficient (Wildman–Crippen LogP) is 6.76. The number of nitrogens with zero attached hydrogens (tertiary/aromatic N) is 3. The lowest BCUT2D eigenvalue weighted by Gasteiger charge is -2.11. The number of rotatable bonds is 17. The van der Waals surface area contributed by atoms with Crippen LogP contribution in [0.15, 0.2) is 5.11 Å². The Morgan fingerprint density at radius 2 is 1.31 bits per heavy atom. The largest absolute Gasteiger partial charge is 0.479 e. The number of carbonyl (C=O) groups is 2. The SMILES string of the molecule is CCCCCCCCCCCCCCCCC(OC(=O)N=[N+]=[N-])C(=O)O. The van der Waals surface area contributed by atoms with Gasteiger partial charge in [0.25, 0.3) is 0 Å². The molecule has 150 valence electrons. The van der Waals surface area contributed by atoms with Crippen molar-refractivity contribution in [2.75, 3.05) is 0 Å². The van der Waals surface area contributed by atoms with E-state index in [1.165, 1.54) is 64.2 Å². The van der Waals surface area contributed by atoms with Crippen molar-refractivity contribution in [3.8, 4) is 0 Å². The van der Waals surface area contributed by atoms with E-state index in [0.717, 1.165) is 19.3 Å². The maximum Gasteiger partial charge on any atom is 0.397 e. The third kappa shape index (κ3) is 15.8. The molecular formula is C19H35N3O4. The minimum Gasteiger partial charge on any atom is -0.479 e. The van der Waals surface area contributed by atoms with Gasteiger partial charge in [0.1, 0.15) is 0 Å². The molecule has 1 N–H and O–H groups in total. The van der Waals surface area contributed by atoms with Gasteiger partial charge >= 0.3 is 12.1 Å². The summed E-state index contributed by atoms with van der Waals surface area (Å²) in [5.74, 6) is -1.21. The van der Waals surface area contributed by atoms with Crippen LogP contribution in [0.25, 0.3) is 10.4 Å². The van der Waals surface area contributed by atoms with E-state index in [-0.39, 0.29) is 6.42 Å².